The Balaban J connectivity index is 3.85. The first kappa shape index (κ1) is 15.9. The quantitative estimate of drug-likeness (QED) is 0.717. The summed E-state index contributed by atoms with van der Waals surface area (Å²) in [6.07, 6.45) is 1.75. The van der Waals surface area contributed by atoms with Crippen LogP contribution in [0.15, 0.2) is 0 Å². The lowest BCUT2D eigenvalue weighted by Gasteiger charge is -2.23. The SMILES string of the molecule is CCS(=O)(=O)CCCC(C)C(C)NC(C)C. The number of hydrogen-bond donors (Lipinski definition) is 1. The highest BCUT2D eigenvalue weighted by atomic mass is 32.2. The maximum absolute atomic E-state index is 11.3. The number of nitrogens with one attached hydrogen (secondary N) is 1. The van der Waals surface area contributed by atoms with Crippen molar-refractivity contribution in [2.45, 2.75) is 59.5 Å². The second-order valence-electron chi connectivity index (χ2n) is 4.97. The standard InChI is InChI=1S/C12H27NO2S/c1-6-16(14,15)9-7-8-11(4)12(5)13-10(2)3/h10-13H,6-9H2,1-5H3. The molecule has 1 N–H and O–H groups in total. The molecular weight excluding hydrogens is 222 g/mol. The largest absolute Gasteiger partial charge is 0.312 e. The summed E-state index contributed by atoms with van der Waals surface area (Å²) in [6.45, 7) is 10.3. The third-order valence-corrected chi connectivity index (χ3v) is 4.79. The highest BCUT2D eigenvalue weighted by molar-refractivity contribution is 7.91. The molecule has 0 saturated carbocycles. The first-order valence-electron chi connectivity index (χ1n) is 6.25. The predicted octanol–water partition coefficient (Wildman–Crippen LogP) is 2.22. The van der Waals surface area contributed by atoms with Crippen molar-refractivity contribution in [3.63, 3.8) is 0 Å². The molecule has 0 aliphatic carbocycles. The predicted molar refractivity (Wildman–Crippen MR) is 70.5 cm³/mol. The smallest absolute Gasteiger partial charge is 0.150 e. The maximum Gasteiger partial charge on any atom is 0.150 e. The molecule has 0 spiro atoms. The first-order chi connectivity index (χ1) is 7.28. The minimum Gasteiger partial charge on any atom is -0.312 e. The Labute approximate surface area is 101 Å². The molecule has 0 aromatic carbocycles. The minimum absolute atomic E-state index is 0.265. The van der Waals surface area contributed by atoms with Gasteiger partial charge in [-0.3, -0.25) is 0 Å². The summed E-state index contributed by atoms with van der Waals surface area (Å²) in [6, 6.07) is 0.932. The van der Waals surface area contributed by atoms with E-state index in [1.165, 1.54) is 0 Å². The second kappa shape index (κ2) is 7.28. The third-order valence-electron chi connectivity index (χ3n) is 3.00. The molecule has 2 unspecified atom stereocenters. The summed E-state index contributed by atoms with van der Waals surface area (Å²) in [5.74, 6) is 1.12. The van der Waals surface area contributed by atoms with E-state index in [9.17, 15) is 8.42 Å². The Morgan fingerprint density at radius 2 is 1.69 bits per heavy atom. The molecule has 3 nitrogen and oxygen atoms in total. The summed E-state index contributed by atoms with van der Waals surface area (Å²) in [5.41, 5.74) is 0. The van der Waals surface area contributed by atoms with Gasteiger partial charge in [-0.05, 0) is 25.7 Å². The van der Waals surface area contributed by atoms with Gasteiger partial charge in [0.15, 0.2) is 0 Å². The zero-order chi connectivity index (χ0) is 12.8. The van der Waals surface area contributed by atoms with Gasteiger partial charge < -0.3 is 5.32 Å². The van der Waals surface area contributed by atoms with E-state index in [2.05, 4.69) is 33.0 Å². The van der Waals surface area contributed by atoms with Gasteiger partial charge in [-0.2, -0.15) is 0 Å². The van der Waals surface area contributed by atoms with Gasteiger partial charge in [0.25, 0.3) is 0 Å². The lowest BCUT2D eigenvalue weighted by Crippen LogP contribution is -2.37. The van der Waals surface area contributed by atoms with E-state index in [0.717, 1.165) is 12.8 Å². The molecule has 4 heteroatoms. The monoisotopic (exact) mass is 249 g/mol. The lowest BCUT2D eigenvalue weighted by atomic mass is 9.98. The minimum atomic E-state index is -2.78. The first-order valence-corrected chi connectivity index (χ1v) is 8.07. The third kappa shape index (κ3) is 7.23. The fourth-order valence-corrected chi connectivity index (χ4v) is 2.60. The molecular formula is C12H27NO2S. The van der Waals surface area contributed by atoms with Crippen molar-refractivity contribution in [3.8, 4) is 0 Å². The number of rotatable bonds is 8. The fraction of sp³-hybridized carbons (Fsp3) is 1.00. The van der Waals surface area contributed by atoms with Crippen LogP contribution in [0.5, 0.6) is 0 Å². The molecule has 2 atom stereocenters. The molecule has 0 aromatic heterocycles. The summed E-state index contributed by atoms with van der Waals surface area (Å²) >= 11 is 0. The van der Waals surface area contributed by atoms with E-state index in [0.29, 0.717) is 23.8 Å². The number of hydrogen-bond acceptors (Lipinski definition) is 3. The van der Waals surface area contributed by atoms with E-state index in [1.807, 2.05) is 0 Å². The Morgan fingerprint density at radius 3 is 2.12 bits per heavy atom. The van der Waals surface area contributed by atoms with E-state index < -0.39 is 9.84 Å². The molecule has 0 aliphatic rings. The van der Waals surface area contributed by atoms with Crippen LogP contribution in [0.2, 0.25) is 0 Å². The van der Waals surface area contributed by atoms with Crippen LogP contribution in [0, 0.1) is 5.92 Å². The summed E-state index contributed by atoms with van der Waals surface area (Å²) in [7, 11) is -2.78. The Morgan fingerprint density at radius 1 is 1.12 bits per heavy atom. The van der Waals surface area contributed by atoms with Crippen molar-refractivity contribution in [3.05, 3.63) is 0 Å². The summed E-state index contributed by atoms with van der Waals surface area (Å²) < 4.78 is 22.6. The molecule has 0 aromatic rings. The average molecular weight is 249 g/mol. The van der Waals surface area contributed by atoms with Gasteiger partial charge in [-0.15, -0.1) is 0 Å². The molecule has 0 amide bonds. The van der Waals surface area contributed by atoms with E-state index in [4.69, 9.17) is 0 Å². The Bertz CT molecular complexity index is 273. The van der Waals surface area contributed by atoms with Gasteiger partial charge in [0.2, 0.25) is 0 Å². The van der Waals surface area contributed by atoms with Gasteiger partial charge >= 0.3 is 0 Å². The van der Waals surface area contributed by atoms with Crippen LogP contribution in [0.1, 0.15) is 47.5 Å². The molecule has 98 valence electrons. The van der Waals surface area contributed by atoms with Crippen LogP contribution >= 0.6 is 0 Å². The number of sulfone groups is 1. The molecule has 0 saturated heterocycles. The second-order valence-corrected chi connectivity index (χ2v) is 7.44. The molecule has 0 fully saturated rings. The molecule has 16 heavy (non-hydrogen) atoms. The van der Waals surface area contributed by atoms with Gasteiger partial charge in [0.1, 0.15) is 9.84 Å². The van der Waals surface area contributed by atoms with Crippen molar-refractivity contribution < 1.29 is 8.42 Å². The Hall–Kier alpha value is -0.0900. The van der Waals surface area contributed by atoms with Crippen molar-refractivity contribution in [2.24, 2.45) is 5.92 Å². The zero-order valence-corrected chi connectivity index (χ0v) is 12.1. The average Bonchev–Trinajstić information content (AvgIpc) is 2.16. The van der Waals surface area contributed by atoms with Gasteiger partial charge in [-0.25, -0.2) is 8.42 Å². The molecule has 0 aliphatic heterocycles. The van der Waals surface area contributed by atoms with Crippen LogP contribution < -0.4 is 5.32 Å². The van der Waals surface area contributed by atoms with E-state index in [1.54, 1.807) is 6.92 Å². The van der Waals surface area contributed by atoms with Crippen LogP contribution in [0.25, 0.3) is 0 Å². The zero-order valence-electron chi connectivity index (χ0n) is 11.3. The van der Waals surface area contributed by atoms with Crippen LogP contribution in [-0.4, -0.2) is 32.0 Å². The highest BCUT2D eigenvalue weighted by Gasteiger charge is 2.14. The fourth-order valence-electron chi connectivity index (χ4n) is 1.71. The Kier molecular flexibility index (Phi) is 7.24. The lowest BCUT2D eigenvalue weighted by molar-refractivity contribution is 0.354. The van der Waals surface area contributed by atoms with Gasteiger partial charge in [0, 0.05) is 17.8 Å². The molecule has 0 bridgehead atoms. The summed E-state index contributed by atoms with van der Waals surface area (Å²) in [5, 5.41) is 3.45. The van der Waals surface area contributed by atoms with Crippen LogP contribution in [0.3, 0.4) is 0 Å². The van der Waals surface area contributed by atoms with Crippen molar-refractivity contribution >= 4 is 9.84 Å². The van der Waals surface area contributed by atoms with Crippen molar-refractivity contribution in [1.29, 1.82) is 0 Å². The van der Waals surface area contributed by atoms with Crippen molar-refractivity contribution in [1.82, 2.24) is 5.32 Å². The van der Waals surface area contributed by atoms with Crippen LogP contribution in [-0.2, 0) is 9.84 Å². The maximum atomic E-state index is 11.3. The van der Waals surface area contributed by atoms with Crippen molar-refractivity contribution in [2.75, 3.05) is 11.5 Å². The van der Waals surface area contributed by atoms with Gasteiger partial charge in [-0.1, -0.05) is 27.7 Å². The van der Waals surface area contributed by atoms with Gasteiger partial charge in [0.05, 0.1) is 5.75 Å². The van der Waals surface area contributed by atoms with Crippen LogP contribution in [0.4, 0.5) is 0 Å². The molecule has 0 heterocycles. The molecule has 0 radical (unpaired) electrons. The highest BCUT2D eigenvalue weighted by Crippen LogP contribution is 2.12. The topological polar surface area (TPSA) is 46.2 Å². The normalized spacial score (nSPS) is 16.4. The molecule has 0 rings (SSSR count). The van der Waals surface area contributed by atoms with E-state index >= 15 is 0 Å². The van der Waals surface area contributed by atoms with E-state index in [-0.39, 0.29) is 5.75 Å². The summed E-state index contributed by atoms with van der Waals surface area (Å²) in [4.78, 5) is 0.